The Bertz CT molecular complexity index is 763. The first-order valence-corrected chi connectivity index (χ1v) is 8.45. The Labute approximate surface area is 134 Å². The number of nitrogens with one attached hydrogen (secondary N) is 1. The van der Waals surface area contributed by atoms with E-state index in [4.69, 9.17) is 4.74 Å². The molecule has 0 aliphatic heterocycles. The topological polar surface area (TPSA) is 72.5 Å². The molecule has 1 N–H and O–H groups in total. The van der Waals surface area contributed by atoms with Gasteiger partial charge in [-0.15, -0.1) is 0 Å². The van der Waals surface area contributed by atoms with Gasteiger partial charge in [0.2, 0.25) is 5.91 Å². The highest BCUT2D eigenvalue weighted by molar-refractivity contribution is 7.90. The zero-order valence-electron chi connectivity index (χ0n) is 12.2. The van der Waals surface area contributed by atoms with Crippen molar-refractivity contribution in [1.82, 2.24) is 4.72 Å². The molecular weight excluding hydrogens is 321 g/mol. The standard InChI is InChI=1S/C16H16FNO4S/c17-14-9-4-5-10-15(14)22-12-6-11-16(19)18-23(20,21)13-7-2-1-3-8-13/h1-5,7-10H,6,11-12H2,(H,18,19). The summed E-state index contributed by atoms with van der Waals surface area (Å²) >= 11 is 0. The maximum absolute atomic E-state index is 13.3. The van der Waals surface area contributed by atoms with Crippen molar-refractivity contribution >= 4 is 15.9 Å². The van der Waals surface area contributed by atoms with Gasteiger partial charge in [0.05, 0.1) is 11.5 Å². The number of hydrogen-bond donors (Lipinski definition) is 1. The molecule has 0 atom stereocenters. The molecule has 5 nitrogen and oxygen atoms in total. The highest BCUT2D eigenvalue weighted by Crippen LogP contribution is 2.15. The number of hydrogen-bond acceptors (Lipinski definition) is 4. The second-order valence-corrected chi connectivity index (χ2v) is 6.41. The Morgan fingerprint density at radius 3 is 2.39 bits per heavy atom. The monoisotopic (exact) mass is 337 g/mol. The number of carbonyl (C=O) groups is 1. The Kier molecular flexibility index (Phi) is 5.70. The van der Waals surface area contributed by atoms with Crippen LogP contribution in [0.25, 0.3) is 0 Å². The summed E-state index contributed by atoms with van der Waals surface area (Å²) in [4.78, 5) is 11.7. The number of benzene rings is 2. The van der Waals surface area contributed by atoms with Gasteiger partial charge in [-0.3, -0.25) is 4.79 Å². The van der Waals surface area contributed by atoms with Gasteiger partial charge in [0, 0.05) is 6.42 Å². The molecule has 7 heteroatoms. The van der Waals surface area contributed by atoms with Crippen molar-refractivity contribution in [1.29, 1.82) is 0 Å². The van der Waals surface area contributed by atoms with Crippen LogP contribution in [-0.2, 0) is 14.8 Å². The number of ether oxygens (including phenoxy) is 1. The maximum atomic E-state index is 13.3. The molecule has 1 amide bonds. The predicted octanol–water partition coefficient (Wildman–Crippen LogP) is 2.49. The molecule has 0 saturated heterocycles. The van der Waals surface area contributed by atoms with Crippen LogP contribution in [0.4, 0.5) is 4.39 Å². The molecule has 0 heterocycles. The van der Waals surface area contributed by atoms with Crippen LogP contribution in [0.5, 0.6) is 5.75 Å². The van der Waals surface area contributed by atoms with Gasteiger partial charge in [-0.1, -0.05) is 30.3 Å². The van der Waals surface area contributed by atoms with Crippen LogP contribution in [0.15, 0.2) is 59.5 Å². The van der Waals surface area contributed by atoms with Crippen LogP contribution < -0.4 is 9.46 Å². The van der Waals surface area contributed by atoms with Gasteiger partial charge in [-0.05, 0) is 30.7 Å². The summed E-state index contributed by atoms with van der Waals surface area (Å²) in [5.74, 6) is -1.01. The molecule has 0 unspecified atom stereocenters. The molecule has 0 saturated carbocycles. The quantitative estimate of drug-likeness (QED) is 0.788. The fourth-order valence-corrected chi connectivity index (χ4v) is 2.87. The molecular formula is C16H16FNO4S. The lowest BCUT2D eigenvalue weighted by molar-refractivity contribution is -0.119. The van der Waals surface area contributed by atoms with Crippen LogP contribution in [0, 0.1) is 5.82 Å². The SMILES string of the molecule is O=C(CCCOc1ccccc1F)NS(=O)(=O)c1ccccc1. The summed E-state index contributed by atoms with van der Waals surface area (Å²) in [6, 6.07) is 13.6. The van der Waals surface area contributed by atoms with Gasteiger partial charge < -0.3 is 4.74 Å². The van der Waals surface area contributed by atoms with E-state index < -0.39 is 21.7 Å². The maximum Gasteiger partial charge on any atom is 0.264 e. The van der Waals surface area contributed by atoms with E-state index in [9.17, 15) is 17.6 Å². The molecule has 23 heavy (non-hydrogen) atoms. The van der Waals surface area contributed by atoms with E-state index in [1.807, 2.05) is 4.72 Å². The van der Waals surface area contributed by atoms with Gasteiger partial charge >= 0.3 is 0 Å². The van der Waals surface area contributed by atoms with E-state index in [2.05, 4.69) is 0 Å². The Morgan fingerprint density at radius 1 is 1.04 bits per heavy atom. The average molecular weight is 337 g/mol. The summed E-state index contributed by atoms with van der Waals surface area (Å²) in [6.45, 7) is 0.111. The Hall–Kier alpha value is -2.41. The number of carbonyl (C=O) groups excluding carboxylic acids is 1. The molecule has 122 valence electrons. The van der Waals surface area contributed by atoms with E-state index in [0.29, 0.717) is 0 Å². The number of para-hydroxylation sites is 1. The lowest BCUT2D eigenvalue weighted by Crippen LogP contribution is -2.30. The molecule has 2 rings (SSSR count). The Morgan fingerprint density at radius 2 is 1.70 bits per heavy atom. The average Bonchev–Trinajstić information content (AvgIpc) is 2.53. The Balaban J connectivity index is 1.79. The van der Waals surface area contributed by atoms with Crippen molar-refractivity contribution < 1.29 is 22.3 Å². The molecule has 2 aromatic rings. The van der Waals surface area contributed by atoms with Gasteiger partial charge in [0.15, 0.2) is 11.6 Å². The molecule has 0 fully saturated rings. The number of amides is 1. The fourth-order valence-electron chi connectivity index (χ4n) is 1.84. The van der Waals surface area contributed by atoms with Crippen LogP contribution >= 0.6 is 0 Å². The van der Waals surface area contributed by atoms with E-state index in [-0.39, 0.29) is 30.1 Å². The third kappa shape index (κ3) is 5.07. The highest BCUT2D eigenvalue weighted by atomic mass is 32.2. The van der Waals surface area contributed by atoms with Crippen molar-refractivity contribution in [3.8, 4) is 5.75 Å². The van der Waals surface area contributed by atoms with Gasteiger partial charge in [-0.25, -0.2) is 17.5 Å². The first-order valence-electron chi connectivity index (χ1n) is 6.97. The molecule has 0 aromatic heterocycles. The fraction of sp³-hybridized carbons (Fsp3) is 0.188. The van der Waals surface area contributed by atoms with E-state index in [0.717, 1.165) is 0 Å². The van der Waals surface area contributed by atoms with Crippen LogP contribution in [0.1, 0.15) is 12.8 Å². The van der Waals surface area contributed by atoms with E-state index >= 15 is 0 Å². The summed E-state index contributed by atoms with van der Waals surface area (Å²) in [5, 5.41) is 0. The molecule has 0 aliphatic carbocycles. The van der Waals surface area contributed by atoms with Crippen molar-refractivity contribution in [2.45, 2.75) is 17.7 Å². The first kappa shape index (κ1) is 17.0. The third-order valence-electron chi connectivity index (χ3n) is 2.94. The summed E-state index contributed by atoms with van der Waals surface area (Å²) in [5.41, 5.74) is 0. The van der Waals surface area contributed by atoms with Crippen molar-refractivity contribution in [3.05, 3.63) is 60.4 Å². The van der Waals surface area contributed by atoms with Crippen molar-refractivity contribution in [2.75, 3.05) is 6.61 Å². The first-order chi connectivity index (χ1) is 11.0. The van der Waals surface area contributed by atoms with Crippen molar-refractivity contribution in [3.63, 3.8) is 0 Å². The zero-order valence-corrected chi connectivity index (χ0v) is 13.1. The predicted molar refractivity (Wildman–Crippen MR) is 82.9 cm³/mol. The summed E-state index contributed by atoms with van der Waals surface area (Å²) in [7, 11) is -3.86. The minimum atomic E-state index is -3.86. The molecule has 2 aromatic carbocycles. The normalized spacial score (nSPS) is 11.0. The lowest BCUT2D eigenvalue weighted by Gasteiger charge is -2.08. The van der Waals surface area contributed by atoms with Gasteiger partial charge in [0.25, 0.3) is 10.0 Å². The zero-order chi connectivity index (χ0) is 16.7. The molecule has 0 aliphatic rings. The number of rotatable bonds is 7. The molecule has 0 bridgehead atoms. The van der Waals surface area contributed by atoms with E-state index in [1.54, 1.807) is 30.3 Å². The largest absolute Gasteiger partial charge is 0.491 e. The van der Waals surface area contributed by atoms with Gasteiger partial charge in [0.1, 0.15) is 0 Å². The van der Waals surface area contributed by atoms with Crippen LogP contribution in [-0.4, -0.2) is 20.9 Å². The summed E-state index contributed by atoms with van der Waals surface area (Å²) in [6.07, 6.45) is 0.227. The van der Waals surface area contributed by atoms with E-state index in [1.165, 1.54) is 24.3 Å². The van der Waals surface area contributed by atoms with Gasteiger partial charge in [-0.2, -0.15) is 0 Å². The van der Waals surface area contributed by atoms with Crippen LogP contribution in [0.2, 0.25) is 0 Å². The minimum absolute atomic E-state index is 0.0240. The number of sulfonamides is 1. The molecule has 0 radical (unpaired) electrons. The molecule has 0 spiro atoms. The minimum Gasteiger partial charge on any atom is -0.491 e. The smallest absolute Gasteiger partial charge is 0.264 e. The third-order valence-corrected chi connectivity index (χ3v) is 4.33. The lowest BCUT2D eigenvalue weighted by atomic mass is 10.3. The second kappa shape index (κ2) is 7.73. The number of halogens is 1. The summed E-state index contributed by atoms with van der Waals surface area (Å²) < 4.78 is 44.3. The van der Waals surface area contributed by atoms with Crippen molar-refractivity contribution in [2.24, 2.45) is 0 Å². The second-order valence-electron chi connectivity index (χ2n) is 4.72. The van der Waals surface area contributed by atoms with Crippen LogP contribution in [0.3, 0.4) is 0 Å². The highest BCUT2D eigenvalue weighted by Gasteiger charge is 2.16.